The van der Waals surface area contributed by atoms with Crippen LogP contribution in [-0.2, 0) is 16.6 Å². The van der Waals surface area contributed by atoms with Crippen molar-refractivity contribution in [3.63, 3.8) is 0 Å². The summed E-state index contributed by atoms with van der Waals surface area (Å²) in [6.45, 7) is 11.6. The minimum atomic E-state index is -4.04. The van der Waals surface area contributed by atoms with Crippen LogP contribution in [0.1, 0.15) is 36.8 Å². The van der Waals surface area contributed by atoms with E-state index >= 15 is 0 Å². The smallest absolute Gasteiger partial charge is 0.264 e. The maximum Gasteiger partial charge on any atom is 0.264 e. The molecule has 218 valence electrons. The second-order valence-corrected chi connectivity index (χ2v) is 13.8. The van der Waals surface area contributed by atoms with Crippen LogP contribution in [0.3, 0.4) is 0 Å². The number of rotatable bonds is 9. The molecule has 1 N–H and O–H groups in total. The average Bonchev–Trinajstić information content (AvgIpc) is 3.31. The number of sulfonamides is 1. The topological polar surface area (TPSA) is 82.6 Å². The Morgan fingerprint density at radius 3 is 2.31 bits per heavy atom. The van der Waals surface area contributed by atoms with Crippen molar-refractivity contribution in [2.45, 2.75) is 25.6 Å². The first-order chi connectivity index (χ1) is 20.1. The van der Waals surface area contributed by atoms with Crippen molar-refractivity contribution < 1.29 is 13.2 Å². The van der Waals surface area contributed by atoms with Crippen LogP contribution in [0.15, 0.2) is 85.5 Å². The van der Waals surface area contributed by atoms with E-state index in [1.54, 1.807) is 19.1 Å². The highest BCUT2D eigenvalue weighted by Gasteiger charge is 2.30. The summed E-state index contributed by atoms with van der Waals surface area (Å²) in [4.78, 5) is 22.5. The van der Waals surface area contributed by atoms with E-state index in [1.165, 1.54) is 28.5 Å². The molecule has 0 spiro atoms. The number of nitrogens with one attached hydrogen (secondary N) is 1. The quantitative estimate of drug-likeness (QED) is 0.218. The van der Waals surface area contributed by atoms with Gasteiger partial charge in [-0.3, -0.25) is 9.69 Å². The van der Waals surface area contributed by atoms with Crippen molar-refractivity contribution in [3.05, 3.63) is 117 Å². The number of carbonyl (C=O) groups excluding carboxylic acids is 1. The van der Waals surface area contributed by atoms with E-state index in [0.717, 1.165) is 54.0 Å². The molecule has 10 heteroatoms. The number of benzene rings is 3. The first kappa shape index (κ1) is 30.0. The van der Waals surface area contributed by atoms with Gasteiger partial charge in [-0.05, 0) is 66.9 Å². The number of hydrogen-bond donors (Lipinski definition) is 1. The molecule has 1 aliphatic rings. The average molecular weight is 621 g/mol. The van der Waals surface area contributed by atoms with Gasteiger partial charge in [0.2, 0.25) is 10.0 Å². The molecule has 0 aliphatic carbocycles. The van der Waals surface area contributed by atoms with E-state index in [1.807, 2.05) is 31.2 Å². The number of anilines is 1. The van der Waals surface area contributed by atoms with Crippen LogP contribution in [0.5, 0.6) is 0 Å². The molecule has 1 atom stereocenters. The van der Waals surface area contributed by atoms with Gasteiger partial charge in [-0.15, -0.1) is 17.9 Å². The van der Waals surface area contributed by atoms with E-state index in [9.17, 15) is 13.2 Å². The molecule has 1 amide bonds. The molecule has 2 heterocycles. The number of carbonyl (C=O) groups is 1. The van der Waals surface area contributed by atoms with Crippen molar-refractivity contribution >= 4 is 44.6 Å². The van der Waals surface area contributed by atoms with E-state index in [2.05, 4.69) is 62.5 Å². The largest absolute Gasteiger partial charge is 0.369 e. The minimum Gasteiger partial charge on any atom is -0.369 e. The first-order valence-electron chi connectivity index (χ1n) is 13.7. The van der Waals surface area contributed by atoms with Gasteiger partial charge in [-0.1, -0.05) is 54.1 Å². The molecule has 1 unspecified atom stereocenters. The Balaban J connectivity index is 1.19. The zero-order valence-corrected chi connectivity index (χ0v) is 26.0. The standard InChI is InChI=1S/C32H33ClN4O3S2/c1-4-30(31-22(2)34-23(3)41-31)42(39,40)35-32(38)25-11-15-28(16-12-25)37-19-17-36(18-20-37)21-26-7-5-6-8-29(26)24-9-13-27(33)14-10-24/h4-16,30H,1,17-21H2,2-3H3,(H,35,38). The van der Waals surface area contributed by atoms with E-state index < -0.39 is 21.2 Å². The summed E-state index contributed by atoms with van der Waals surface area (Å²) < 4.78 is 28.3. The first-order valence-corrected chi connectivity index (χ1v) is 16.4. The molecule has 1 aromatic heterocycles. The third kappa shape index (κ3) is 6.76. The van der Waals surface area contributed by atoms with Crippen LogP contribution in [-0.4, -0.2) is 50.4 Å². The summed E-state index contributed by atoms with van der Waals surface area (Å²) in [6.07, 6.45) is 1.33. The number of nitrogens with zero attached hydrogens (tertiary/aromatic N) is 3. The Bertz CT molecular complexity index is 1680. The fourth-order valence-electron chi connectivity index (χ4n) is 5.24. The molecular formula is C32H33ClN4O3S2. The highest BCUT2D eigenvalue weighted by molar-refractivity contribution is 7.90. The molecule has 0 saturated carbocycles. The number of halogens is 1. The van der Waals surface area contributed by atoms with Crippen molar-refractivity contribution in [1.29, 1.82) is 0 Å². The van der Waals surface area contributed by atoms with Crippen LogP contribution in [0.2, 0.25) is 5.02 Å². The number of amides is 1. The fraction of sp³-hybridized carbons (Fsp3) is 0.250. The van der Waals surface area contributed by atoms with E-state index in [0.29, 0.717) is 10.6 Å². The Kier molecular flexibility index (Phi) is 9.13. The zero-order valence-electron chi connectivity index (χ0n) is 23.6. The Hall–Kier alpha value is -3.50. The van der Waals surface area contributed by atoms with Gasteiger partial charge in [0.1, 0.15) is 5.25 Å². The van der Waals surface area contributed by atoms with Gasteiger partial charge in [-0.2, -0.15) is 0 Å². The summed E-state index contributed by atoms with van der Waals surface area (Å²) >= 11 is 7.38. The minimum absolute atomic E-state index is 0.278. The molecular weight excluding hydrogens is 588 g/mol. The van der Waals surface area contributed by atoms with Crippen LogP contribution in [0, 0.1) is 13.8 Å². The second-order valence-electron chi connectivity index (χ2n) is 10.3. The number of aryl methyl sites for hydroxylation is 2. The van der Waals surface area contributed by atoms with Crippen LogP contribution in [0.25, 0.3) is 11.1 Å². The number of aromatic nitrogens is 1. The van der Waals surface area contributed by atoms with Crippen molar-refractivity contribution in [3.8, 4) is 11.1 Å². The third-order valence-corrected chi connectivity index (χ3v) is 10.5. The molecule has 1 aliphatic heterocycles. The van der Waals surface area contributed by atoms with E-state index in [4.69, 9.17) is 11.6 Å². The summed E-state index contributed by atoms with van der Waals surface area (Å²) in [7, 11) is -4.04. The summed E-state index contributed by atoms with van der Waals surface area (Å²) in [5.74, 6) is -0.670. The number of piperazine rings is 1. The van der Waals surface area contributed by atoms with Gasteiger partial charge < -0.3 is 4.90 Å². The molecule has 1 saturated heterocycles. The van der Waals surface area contributed by atoms with Crippen LogP contribution < -0.4 is 9.62 Å². The van der Waals surface area contributed by atoms with Crippen molar-refractivity contribution in [2.75, 3.05) is 31.1 Å². The number of hydrogen-bond acceptors (Lipinski definition) is 7. The molecule has 0 radical (unpaired) electrons. The molecule has 42 heavy (non-hydrogen) atoms. The van der Waals surface area contributed by atoms with Gasteiger partial charge in [0.05, 0.1) is 15.6 Å². The predicted octanol–water partition coefficient (Wildman–Crippen LogP) is 6.39. The SMILES string of the molecule is C=CC(c1sc(C)nc1C)S(=O)(=O)NC(=O)c1ccc(N2CCN(Cc3ccccc3-c3ccc(Cl)cc3)CC2)cc1. The maximum absolute atomic E-state index is 13.1. The Morgan fingerprint density at radius 1 is 1.02 bits per heavy atom. The maximum atomic E-state index is 13.1. The van der Waals surface area contributed by atoms with Gasteiger partial charge in [0, 0.05) is 49.0 Å². The molecule has 7 nitrogen and oxygen atoms in total. The molecule has 4 aromatic rings. The zero-order chi connectivity index (χ0) is 29.9. The molecule has 3 aromatic carbocycles. The fourth-order valence-corrected chi connectivity index (χ4v) is 8.00. The van der Waals surface area contributed by atoms with Gasteiger partial charge in [-0.25, -0.2) is 18.1 Å². The summed E-state index contributed by atoms with van der Waals surface area (Å²) in [5.41, 5.74) is 5.53. The van der Waals surface area contributed by atoms with Crippen molar-refractivity contribution in [2.24, 2.45) is 0 Å². The highest BCUT2D eigenvalue weighted by Crippen LogP contribution is 2.31. The third-order valence-electron chi connectivity index (χ3n) is 7.41. The Morgan fingerprint density at radius 2 is 1.69 bits per heavy atom. The van der Waals surface area contributed by atoms with Gasteiger partial charge >= 0.3 is 0 Å². The second kappa shape index (κ2) is 12.8. The van der Waals surface area contributed by atoms with Crippen LogP contribution >= 0.6 is 22.9 Å². The molecule has 0 bridgehead atoms. The Labute approximate surface area is 256 Å². The lowest BCUT2D eigenvalue weighted by molar-refractivity contribution is 0.0981. The lowest BCUT2D eigenvalue weighted by Crippen LogP contribution is -2.46. The van der Waals surface area contributed by atoms with Crippen molar-refractivity contribution in [1.82, 2.24) is 14.6 Å². The highest BCUT2D eigenvalue weighted by atomic mass is 35.5. The lowest BCUT2D eigenvalue weighted by atomic mass is 9.99. The predicted molar refractivity (Wildman–Crippen MR) is 172 cm³/mol. The number of thiazole rings is 1. The molecule has 5 rings (SSSR count). The molecule has 1 fully saturated rings. The lowest BCUT2D eigenvalue weighted by Gasteiger charge is -2.36. The monoisotopic (exact) mass is 620 g/mol. The van der Waals surface area contributed by atoms with Gasteiger partial charge in [0.25, 0.3) is 5.91 Å². The van der Waals surface area contributed by atoms with E-state index in [-0.39, 0.29) is 5.56 Å². The normalized spacial score (nSPS) is 14.9. The van der Waals surface area contributed by atoms with Gasteiger partial charge in [0.15, 0.2) is 0 Å². The van der Waals surface area contributed by atoms with Crippen LogP contribution in [0.4, 0.5) is 5.69 Å². The summed E-state index contributed by atoms with van der Waals surface area (Å²) in [5, 5.41) is 0.431. The summed E-state index contributed by atoms with van der Waals surface area (Å²) in [6, 6.07) is 23.5.